The zero-order valence-corrected chi connectivity index (χ0v) is 8.52. The smallest absolute Gasteiger partial charge is 0.0762 e. The van der Waals surface area contributed by atoms with E-state index in [9.17, 15) is 0 Å². The van der Waals surface area contributed by atoms with E-state index < -0.39 is 0 Å². The van der Waals surface area contributed by atoms with Crippen LogP contribution < -0.4 is 0 Å². The molecular formula is C12H18O2. The van der Waals surface area contributed by atoms with E-state index in [1.54, 1.807) is 12.2 Å². The Morgan fingerprint density at radius 3 is 1.71 bits per heavy atom. The van der Waals surface area contributed by atoms with Crippen LogP contribution in [-0.2, 0) is 9.47 Å². The van der Waals surface area contributed by atoms with Crippen LogP contribution in [0.4, 0.5) is 0 Å². The Labute approximate surface area is 85.9 Å². The molecule has 2 nitrogen and oxygen atoms in total. The minimum absolute atomic E-state index is 0.233. The Morgan fingerprint density at radius 2 is 1.43 bits per heavy atom. The number of ether oxygens (including phenoxy) is 2. The zero-order valence-electron chi connectivity index (χ0n) is 8.52. The quantitative estimate of drug-likeness (QED) is 0.605. The molecule has 78 valence electrons. The van der Waals surface area contributed by atoms with Crippen molar-refractivity contribution < 1.29 is 9.47 Å². The molecule has 1 rings (SSSR count). The molecule has 0 aliphatic heterocycles. The second-order valence-electron chi connectivity index (χ2n) is 3.28. The Morgan fingerprint density at radius 1 is 1.00 bits per heavy atom. The number of hydrogen-bond donors (Lipinski definition) is 0. The van der Waals surface area contributed by atoms with Crippen LogP contribution in [0.1, 0.15) is 12.8 Å². The van der Waals surface area contributed by atoms with Crippen LogP contribution in [0.5, 0.6) is 0 Å². The van der Waals surface area contributed by atoms with Crippen LogP contribution in [0.15, 0.2) is 37.5 Å². The average Bonchev–Trinajstić information content (AvgIpc) is 2.25. The predicted octanol–water partition coefficient (Wildman–Crippen LogP) is 2.48. The van der Waals surface area contributed by atoms with Crippen LogP contribution in [0.25, 0.3) is 0 Å². The van der Waals surface area contributed by atoms with Crippen LogP contribution in [0.2, 0.25) is 0 Å². The summed E-state index contributed by atoms with van der Waals surface area (Å²) in [5.74, 6) is 0. The molecule has 0 radical (unpaired) electrons. The van der Waals surface area contributed by atoms with Gasteiger partial charge in [-0.2, -0.15) is 0 Å². The molecule has 0 N–H and O–H groups in total. The first-order valence-corrected chi connectivity index (χ1v) is 5.00. The van der Waals surface area contributed by atoms with Gasteiger partial charge >= 0.3 is 0 Å². The molecule has 0 spiro atoms. The molecule has 1 aliphatic rings. The van der Waals surface area contributed by atoms with Gasteiger partial charge in [0, 0.05) is 0 Å². The molecule has 0 aromatic heterocycles. The normalized spacial score (nSPS) is 26.0. The molecule has 14 heavy (non-hydrogen) atoms. The van der Waals surface area contributed by atoms with Crippen molar-refractivity contribution in [3.05, 3.63) is 37.5 Å². The summed E-state index contributed by atoms with van der Waals surface area (Å²) in [5, 5.41) is 0. The lowest BCUT2D eigenvalue weighted by Gasteiger charge is -2.22. The van der Waals surface area contributed by atoms with Gasteiger partial charge in [-0.3, -0.25) is 0 Å². The molecule has 1 aliphatic carbocycles. The van der Waals surface area contributed by atoms with E-state index in [4.69, 9.17) is 9.47 Å². The van der Waals surface area contributed by atoms with E-state index in [1.165, 1.54) is 0 Å². The van der Waals surface area contributed by atoms with Crippen LogP contribution in [-0.4, -0.2) is 25.4 Å². The Balaban J connectivity index is 2.24. The van der Waals surface area contributed by atoms with E-state index in [0.29, 0.717) is 13.2 Å². The van der Waals surface area contributed by atoms with Gasteiger partial charge in [0.05, 0.1) is 25.4 Å². The fraction of sp³-hybridized carbons (Fsp3) is 0.500. The topological polar surface area (TPSA) is 18.5 Å². The van der Waals surface area contributed by atoms with Crippen molar-refractivity contribution in [3.63, 3.8) is 0 Å². The largest absolute Gasteiger partial charge is 0.370 e. The highest BCUT2D eigenvalue weighted by molar-refractivity contribution is 5.00. The minimum Gasteiger partial charge on any atom is -0.370 e. The molecule has 0 heterocycles. The number of hydrogen-bond acceptors (Lipinski definition) is 2. The summed E-state index contributed by atoms with van der Waals surface area (Å²) in [7, 11) is 0. The van der Waals surface area contributed by atoms with Gasteiger partial charge in [0.1, 0.15) is 0 Å². The van der Waals surface area contributed by atoms with E-state index in [1.807, 2.05) is 0 Å². The summed E-state index contributed by atoms with van der Waals surface area (Å²) < 4.78 is 11.0. The van der Waals surface area contributed by atoms with Crippen molar-refractivity contribution >= 4 is 0 Å². The second-order valence-corrected chi connectivity index (χ2v) is 3.28. The fourth-order valence-corrected chi connectivity index (χ4v) is 1.43. The molecule has 2 atom stereocenters. The third kappa shape index (κ3) is 3.90. The SMILES string of the molecule is C=CCO[C@@H]1C=C[C@@H](OCC=C)CC1. The maximum Gasteiger partial charge on any atom is 0.0762 e. The highest BCUT2D eigenvalue weighted by Gasteiger charge is 2.15. The van der Waals surface area contributed by atoms with E-state index >= 15 is 0 Å². The molecule has 0 fully saturated rings. The van der Waals surface area contributed by atoms with Gasteiger partial charge in [-0.1, -0.05) is 24.3 Å². The predicted molar refractivity (Wildman–Crippen MR) is 58.2 cm³/mol. The highest BCUT2D eigenvalue weighted by Crippen LogP contribution is 2.16. The monoisotopic (exact) mass is 194 g/mol. The first-order chi connectivity index (χ1) is 6.86. The highest BCUT2D eigenvalue weighted by atomic mass is 16.5. The lowest BCUT2D eigenvalue weighted by molar-refractivity contribution is 0.0536. The van der Waals surface area contributed by atoms with E-state index in [-0.39, 0.29) is 12.2 Å². The van der Waals surface area contributed by atoms with Crippen LogP contribution in [0, 0.1) is 0 Å². The van der Waals surface area contributed by atoms with Gasteiger partial charge in [-0.15, -0.1) is 13.2 Å². The zero-order chi connectivity index (χ0) is 10.2. The molecule has 0 saturated heterocycles. The van der Waals surface area contributed by atoms with Crippen molar-refractivity contribution in [3.8, 4) is 0 Å². The third-order valence-electron chi connectivity index (χ3n) is 2.13. The van der Waals surface area contributed by atoms with Gasteiger partial charge in [0.15, 0.2) is 0 Å². The van der Waals surface area contributed by atoms with Crippen molar-refractivity contribution in [2.24, 2.45) is 0 Å². The maximum atomic E-state index is 5.50. The summed E-state index contributed by atoms with van der Waals surface area (Å²) in [5.41, 5.74) is 0. The van der Waals surface area contributed by atoms with Gasteiger partial charge in [-0.05, 0) is 12.8 Å². The molecular weight excluding hydrogens is 176 g/mol. The van der Waals surface area contributed by atoms with Gasteiger partial charge in [0.25, 0.3) is 0 Å². The average molecular weight is 194 g/mol. The van der Waals surface area contributed by atoms with Crippen molar-refractivity contribution in [1.29, 1.82) is 0 Å². The third-order valence-corrected chi connectivity index (χ3v) is 2.13. The molecule has 0 amide bonds. The minimum atomic E-state index is 0.233. The number of rotatable bonds is 6. The lowest BCUT2D eigenvalue weighted by Crippen LogP contribution is -2.21. The standard InChI is InChI=1S/C12H18O2/c1-3-9-13-11-5-7-12(8-6-11)14-10-4-2/h3-5,7,11-12H,1-2,6,8-10H2/t11-,12-/m1/s1. The summed E-state index contributed by atoms with van der Waals surface area (Å²) in [4.78, 5) is 0. The maximum absolute atomic E-state index is 5.50. The molecule has 0 aromatic rings. The molecule has 0 bridgehead atoms. The van der Waals surface area contributed by atoms with E-state index in [2.05, 4.69) is 25.3 Å². The lowest BCUT2D eigenvalue weighted by atomic mass is 10.0. The van der Waals surface area contributed by atoms with Crippen molar-refractivity contribution in [1.82, 2.24) is 0 Å². The summed E-state index contributed by atoms with van der Waals surface area (Å²) in [6.45, 7) is 8.47. The fourth-order valence-electron chi connectivity index (χ4n) is 1.43. The van der Waals surface area contributed by atoms with Crippen LogP contribution in [0.3, 0.4) is 0 Å². The molecule has 0 aromatic carbocycles. The molecule has 0 unspecified atom stereocenters. The molecule has 0 saturated carbocycles. The van der Waals surface area contributed by atoms with Gasteiger partial charge in [0.2, 0.25) is 0 Å². The summed E-state index contributed by atoms with van der Waals surface area (Å²) in [6, 6.07) is 0. The molecule has 2 heteroatoms. The Hall–Kier alpha value is -0.860. The first-order valence-electron chi connectivity index (χ1n) is 5.00. The first kappa shape index (κ1) is 11.2. The Bertz CT molecular complexity index is 186. The van der Waals surface area contributed by atoms with Crippen molar-refractivity contribution in [2.75, 3.05) is 13.2 Å². The summed E-state index contributed by atoms with van der Waals surface area (Å²) in [6.07, 6.45) is 10.2. The van der Waals surface area contributed by atoms with E-state index in [0.717, 1.165) is 12.8 Å². The summed E-state index contributed by atoms with van der Waals surface area (Å²) >= 11 is 0. The van der Waals surface area contributed by atoms with Gasteiger partial charge < -0.3 is 9.47 Å². The Kier molecular flexibility index (Phi) is 5.27. The van der Waals surface area contributed by atoms with Crippen molar-refractivity contribution in [2.45, 2.75) is 25.0 Å². The van der Waals surface area contributed by atoms with Gasteiger partial charge in [-0.25, -0.2) is 0 Å². The second kappa shape index (κ2) is 6.57. The van der Waals surface area contributed by atoms with Crippen LogP contribution >= 0.6 is 0 Å².